The molecule has 9 aromatic carbocycles. The van der Waals surface area contributed by atoms with Gasteiger partial charge in [-0.2, -0.15) is 0 Å². The smallest absolute Gasteiger partial charge is 0.227 e. The van der Waals surface area contributed by atoms with Crippen molar-refractivity contribution in [3.8, 4) is 11.5 Å². The largest absolute Gasteiger partial charge is 0.456 e. The Kier molecular flexibility index (Phi) is 7.79. The van der Waals surface area contributed by atoms with Gasteiger partial charge in [0.15, 0.2) is 5.58 Å². The molecule has 7 heteroatoms. The van der Waals surface area contributed by atoms with Gasteiger partial charge >= 0.3 is 0 Å². The fourth-order valence-electron chi connectivity index (χ4n) is 8.00. The first-order valence-corrected chi connectivity index (χ1v) is 19.0. The van der Waals surface area contributed by atoms with E-state index >= 15 is 0 Å². The normalized spacial score (nSPS) is 11.6. The Bertz CT molecular complexity index is 3290. The molecule has 276 valence electrons. The van der Waals surface area contributed by atoms with Gasteiger partial charge in [0.1, 0.15) is 28.3 Å². The van der Waals surface area contributed by atoms with Gasteiger partial charge in [-0.15, -0.1) is 0 Å². The van der Waals surface area contributed by atoms with Gasteiger partial charge in [0.25, 0.3) is 0 Å². The molecule has 0 radical (unpaired) electrons. The molecule has 0 bridgehead atoms. The summed E-state index contributed by atoms with van der Waals surface area (Å²) in [5.74, 6) is -0.0394. The fraction of sp³-hybridized carbons (Fsp3) is 0. The zero-order chi connectivity index (χ0) is 38.7. The second-order valence-electron chi connectivity index (χ2n) is 14.3. The summed E-state index contributed by atoms with van der Waals surface area (Å²) >= 11 is 0. The number of hydrogen-bond donors (Lipinski definition) is 0. The molecule has 0 spiro atoms. The lowest BCUT2D eigenvalue weighted by Gasteiger charge is -2.26. The number of hydrogen-bond acceptors (Lipinski definition) is 5. The van der Waals surface area contributed by atoms with Crippen molar-refractivity contribution in [3.05, 3.63) is 200 Å². The lowest BCUT2D eigenvalue weighted by molar-refractivity contribution is 0.620. The first kappa shape index (κ1) is 33.6. The highest BCUT2D eigenvalue weighted by Gasteiger charge is 2.19. The van der Waals surface area contributed by atoms with E-state index in [4.69, 9.17) is 8.83 Å². The predicted octanol–water partition coefficient (Wildman–Crippen LogP) is 14.9. The Labute approximate surface area is 331 Å². The molecule has 0 aliphatic carbocycles. The van der Waals surface area contributed by atoms with E-state index in [2.05, 4.69) is 75.4 Å². The lowest BCUT2D eigenvalue weighted by Crippen LogP contribution is -2.10. The third-order valence-electron chi connectivity index (χ3n) is 10.8. The molecule has 0 fully saturated rings. The maximum Gasteiger partial charge on any atom is 0.227 e. The van der Waals surface area contributed by atoms with E-state index in [0.29, 0.717) is 5.89 Å². The number of halogens is 2. The van der Waals surface area contributed by atoms with Crippen molar-refractivity contribution in [3.63, 3.8) is 0 Å². The summed E-state index contributed by atoms with van der Waals surface area (Å²) in [5, 5.41) is 6.36. The van der Waals surface area contributed by atoms with Crippen LogP contribution in [0.5, 0.6) is 0 Å². The van der Waals surface area contributed by atoms with Gasteiger partial charge in [-0.1, -0.05) is 54.6 Å². The zero-order valence-electron chi connectivity index (χ0n) is 30.8. The Morgan fingerprint density at radius 3 is 1.47 bits per heavy atom. The van der Waals surface area contributed by atoms with Crippen molar-refractivity contribution in [2.75, 3.05) is 9.80 Å². The topological polar surface area (TPSA) is 45.7 Å². The van der Waals surface area contributed by atoms with Gasteiger partial charge in [-0.3, -0.25) is 0 Å². The van der Waals surface area contributed by atoms with Gasteiger partial charge in [0, 0.05) is 50.5 Å². The van der Waals surface area contributed by atoms with Crippen molar-refractivity contribution in [2.24, 2.45) is 0 Å². The monoisotopic (exact) mass is 755 g/mol. The van der Waals surface area contributed by atoms with Crippen LogP contribution in [-0.2, 0) is 0 Å². The van der Waals surface area contributed by atoms with E-state index in [1.165, 1.54) is 24.3 Å². The van der Waals surface area contributed by atoms with E-state index in [-0.39, 0.29) is 11.6 Å². The van der Waals surface area contributed by atoms with Crippen LogP contribution in [0.2, 0.25) is 0 Å². The number of benzene rings is 9. The fourth-order valence-corrected chi connectivity index (χ4v) is 8.00. The van der Waals surface area contributed by atoms with Crippen LogP contribution in [0.3, 0.4) is 0 Å². The Morgan fingerprint density at radius 1 is 0.362 bits per heavy atom. The van der Waals surface area contributed by atoms with Gasteiger partial charge in [0.05, 0.1) is 0 Å². The van der Waals surface area contributed by atoms with Crippen LogP contribution < -0.4 is 9.80 Å². The molecular weight excluding hydrogens is 725 g/mol. The standard InChI is InChI=1S/C51H31F2N3O2/c52-35-13-19-38(20-14-35)55(37-17-11-32(12-18-37)51-54-47-6-2-4-8-50(47)58-51)40-23-26-43-33(29-40)9-10-34-30-41(24-27-44(34)43)56(39-21-15-36(53)16-22-39)42-25-28-49-46(31-42)45-5-1-3-7-48(45)57-49/h1-31H. The molecule has 11 rings (SSSR count). The van der Waals surface area contributed by atoms with Crippen LogP contribution >= 0.6 is 0 Å². The molecule has 0 atom stereocenters. The van der Waals surface area contributed by atoms with Crippen LogP contribution in [0, 0.1) is 11.6 Å². The van der Waals surface area contributed by atoms with Crippen molar-refractivity contribution in [2.45, 2.75) is 0 Å². The van der Waals surface area contributed by atoms with Gasteiger partial charge < -0.3 is 18.6 Å². The van der Waals surface area contributed by atoms with Crippen LogP contribution in [0.15, 0.2) is 197 Å². The van der Waals surface area contributed by atoms with Gasteiger partial charge in [-0.25, -0.2) is 13.8 Å². The summed E-state index contributed by atoms with van der Waals surface area (Å²) in [6.45, 7) is 0. The van der Waals surface area contributed by atoms with E-state index < -0.39 is 0 Å². The summed E-state index contributed by atoms with van der Waals surface area (Å²) < 4.78 is 40.5. The Morgan fingerprint density at radius 2 is 0.845 bits per heavy atom. The van der Waals surface area contributed by atoms with Crippen molar-refractivity contribution in [1.29, 1.82) is 0 Å². The van der Waals surface area contributed by atoms with Crippen molar-refractivity contribution in [1.82, 2.24) is 4.98 Å². The highest BCUT2D eigenvalue weighted by Crippen LogP contribution is 2.42. The summed E-state index contributed by atoms with van der Waals surface area (Å²) in [6, 6.07) is 60.2. The highest BCUT2D eigenvalue weighted by atomic mass is 19.1. The second kappa shape index (κ2) is 13.5. The van der Waals surface area contributed by atoms with E-state index in [1.807, 2.05) is 78.9 Å². The van der Waals surface area contributed by atoms with Crippen LogP contribution in [0.4, 0.5) is 42.9 Å². The van der Waals surface area contributed by atoms with Crippen LogP contribution in [-0.4, -0.2) is 4.98 Å². The lowest BCUT2D eigenvalue weighted by atomic mass is 10.00. The minimum atomic E-state index is -0.298. The predicted molar refractivity (Wildman–Crippen MR) is 231 cm³/mol. The summed E-state index contributed by atoms with van der Waals surface area (Å²) in [7, 11) is 0. The number of aromatic nitrogens is 1. The third-order valence-corrected chi connectivity index (χ3v) is 10.8. The summed E-state index contributed by atoms with van der Waals surface area (Å²) in [6.07, 6.45) is 0. The van der Waals surface area contributed by atoms with Gasteiger partial charge in [-0.05, 0) is 155 Å². The molecule has 2 heterocycles. The molecule has 0 aliphatic heterocycles. The highest BCUT2D eigenvalue weighted by molar-refractivity contribution is 6.10. The number of rotatable bonds is 7. The first-order valence-electron chi connectivity index (χ1n) is 19.0. The molecule has 0 unspecified atom stereocenters. The third kappa shape index (κ3) is 5.80. The maximum atomic E-state index is 14.2. The molecular formula is C51H31F2N3O2. The molecule has 0 saturated carbocycles. The molecule has 5 nitrogen and oxygen atoms in total. The molecule has 11 aromatic rings. The minimum absolute atomic E-state index is 0.292. The SMILES string of the molecule is Fc1ccc(N(c2ccc(-c3nc4ccccc4o3)cc2)c2ccc3c(ccc4cc(N(c5ccc(F)cc5)c5ccc6oc7ccccc7c6c5)ccc43)c2)cc1. The first-order chi connectivity index (χ1) is 28.5. The van der Waals surface area contributed by atoms with E-state index in [9.17, 15) is 8.78 Å². The van der Waals surface area contributed by atoms with E-state index in [1.54, 1.807) is 24.3 Å². The Balaban J connectivity index is 0.985. The molecule has 0 amide bonds. The quantitative estimate of drug-likeness (QED) is 0.152. The minimum Gasteiger partial charge on any atom is -0.456 e. The van der Waals surface area contributed by atoms with Crippen molar-refractivity contribution < 1.29 is 17.6 Å². The summed E-state index contributed by atoms with van der Waals surface area (Å²) in [4.78, 5) is 8.92. The molecule has 0 aliphatic rings. The number of fused-ring (bicyclic) bond motifs is 7. The van der Waals surface area contributed by atoms with Gasteiger partial charge in [0.2, 0.25) is 5.89 Å². The Hall–Kier alpha value is -7.77. The maximum absolute atomic E-state index is 14.2. The zero-order valence-corrected chi connectivity index (χ0v) is 30.8. The second-order valence-corrected chi connectivity index (χ2v) is 14.3. The summed E-state index contributed by atoms with van der Waals surface area (Å²) in [5.41, 5.74) is 9.39. The average molecular weight is 756 g/mol. The average Bonchev–Trinajstić information content (AvgIpc) is 3.87. The number of furan rings is 1. The molecule has 0 saturated heterocycles. The number of nitrogens with zero attached hydrogens (tertiary/aromatic N) is 3. The van der Waals surface area contributed by atoms with Crippen molar-refractivity contribution >= 4 is 88.7 Å². The number of anilines is 6. The molecule has 0 N–H and O–H groups in total. The van der Waals surface area contributed by atoms with E-state index in [0.717, 1.165) is 94.3 Å². The van der Waals surface area contributed by atoms with Crippen LogP contribution in [0.25, 0.3) is 66.0 Å². The number of oxazole rings is 1. The molecule has 58 heavy (non-hydrogen) atoms. The van der Waals surface area contributed by atoms with Crippen LogP contribution in [0.1, 0.15) is 0 Å². The molecule has 2 aromatic heterocycles. The number of para-hydroxylation sites is 3.